The van der Waals surface area contributed by atoms with Gasteiger partial charge in [-0.05, 0) is 26.7 Å². The quantitative estimate of drug-likeness (QED) is 0.555. The van der Waals surface area contributed by atoms with Crippen molar-refractivity contribution in [1.82, 2.24) is 29.7 Å². The largest absolute Gasteiger partial charge is 0.412 e. The van der Waals surface area contributed by atoms with Crippen LogP contribution in [0.5, 0.6) is 0 Å². The Labute approximate surface area is 183 Å². The van der Waals surface area contributed by atoms with Crippen molar-refractivity contribution in [2.45, 2.75) is 39.0 Å². The molecule has 11 heteroatoms. The van der Waals surface area contributed by atoms with Crippen LogP contribution in [-0.4, -0.2) is 55.6 Å². The molecular weight excluding hydrogens is 423 g/mol. The molecule has 0 amide bonds. The number of hydrogen-bond donors (Lipinski definition) is 0. The molecule has 32 heavy (non-hydrogen) atoms. The molecule has 0 bridgehead atoms. The molecule has 1 saturated heterocycles. The Morgan fingerprint density at radius 2 is 1.94 bits per heavy atom. The molecule has 0 aromatic carbocycles. The maximum Gasteiger partial charge on any atom is 0.412 e. The number of allylic oxidation sites excluding steroid dienone is 1. The first kappa shape index (κ1) is 22.1. The molecular formula is C21H24F3N7O. The fourth-order valence-electron chi connectivity index (χ4n) is 3.52. The van der Waals surface area contributed by atoms with Crippen LogP contribution in [0.1, 0.15) is 35.2 Å². The number of halogens is 3. The molecule has 1 atom stereocenters. The average Bonchev–Trinajstić information content (AvgIpc) is 3.18. The molecule has 3 aromatic heterocycles. The molecule has 0 saturated carbocycles. The standard InChI is InChI=1S/C21H24F3N7O/c1-12(21(22,23)24)5-6-16-18-19(27-14(3)13(2)26-18)29-20(28-16)31-7-8-32-17(11-31)15-9-25-30(4)10-15/h9-10,17H,1,5-8,11H2,2-4H3/t17-/m1/s1. The lowest BCUT2D eigenvalue weighted by molar-refractivity contribution is -0.0935. The van der Waals surface area contributed by atoms with Crippen molar-refractivity contribution >= 4 is 17.1 Å². The summed E-state index contributed by atoms with van der Waals surface area (Å²) in [5, 5.41) is 4.19. The highest BCUT2D eigenvalue weighted by Crippen LogP contribution is 2.30. The zero-order valence-electron chi connectivity index (χ0n) is 18.1. The molecule has 170 valence electrons. The van der Waals surface area contributed by atoms with Gasteiger partial charge in [0.2, 0.25) is 5.95 Å². The number of aryl methyl sites for hydroxylation is 4. The first-order valence-electron chi connectivity index (χ1n) is 10.2. The van der Waals surface area contributed by atoms with E-state index in [1.165, 1.54) is 0 Å². The molecule has 0 spiro atoms. The Balaban J connectivity index is 1.68. The molecule has 4 rings (SSSR count). The topological polar surface area (TPSA) is 81.9 Å². The number of alkyl halides is 3. The Kier molecular flexibility index (Phi) is 5.85. The highest BCUT2D eigenvalue weighted by Gasteiger charge is 2.32. The van der Waals surface area contributed by atoms with Gasteiger partial charge in [0.05, 0.1) is 36.4 Å². The van der Waals surface area contributed by atoms with Crippen molar-refractivity contribution < 1.29 is 17.9 Å². The molecule has 1 fully saturated rings. The van der Waals surface area contributed by atoms with E-state index in [1.54, 1.807) is 17.8 Å². The zero-order valence-corrected chi connectivity index (χ0v) is 18.1. The summed E-state index contributed by atoms with van der Waals surface area (Å²) in [4.78, 5) is 20.2. The van der Waals surface area contributed by atoms with Crippen LogP contribution in [0.4, 0.5) is 19.1 Å². The number of rotatable bonds is 5. The maximum atomic E-state index is 13.0. The lowest BCUT2D eigenvalue weighted by Gasteiger charge is -2.32. The van der Waals surface area contributed by atoms with Crippen LogP contribution in [0.3, 0.4) is 0 Å². The summed E-state index contributed by atoms with van der Waals surface area (Å²) in [6.07, 6.45) is -1.24. The Morgan fingerprint density at radius 1 is 1.19 bits per heavy atom. The van der Waals surface area contributed by atoms with Crippen molar-refractivity contribution in [3.63, 3.8) is 0 Å². The van der Waals surface area contributed by atoms with E-state index in [4.69, 9.17) is 4.74 Å². The molecule has 0 N–H and O–H groups in total. The smallest absolute Gasteiger partial charge is 0.370 e. The van der Waals surface area contributed by atoms with Crippen molar-refractivity contribution in [3.05, 3.63) is 47.2 Å². The first-order valence-corrected chi connectivity index (χ1v) is 10.2. The van der Waals surface area contributed by atoms with E-state index in [9.17, 15) is 13.2 Å². The number of fused-ring (bicyclic) bond motifs is 1. The van der Waals surface area contributed by atoms with Crippen LogP contribution >= 0.6 is 0 Å². The molecule has 0 aliphatic carbocycles. The number of morpholine rings is 1. The normalized spacial score (nSPS) is 17.2. The monoisotopic (exact) mass is 447 g/mol. The molecule has 0 radical (unpaired) electrons. The number of aromatic nitrogens is 6. The van der Waals surface area contributed by atoms with E-state index in [1.807, 2.05) is 25.1 Å². The van der Waals surface area contributed by atoms with Crippen LogP contribution in [0.15, 0.2) is 24.5 Å². The average molecular weight is 447 g/mol. The van der Waals surface area contributed by atoms with Gasteiger partial charge in [0.25, 0.3) is 0 Å². The number of hydrogen-bond acceptors (Lipinski definition) is 7. The maximum absolute atomic E-state index is 13.0. The van der Waals surface area contributed by atoms with Gasteiger partial charge in [-0.3, -0.25) is 4.68 Å². The second-order valence-corrected chi connectivity index (χ2v) is 7.89. The van der Waals surface area contributed by atoms with Crippen LogP contribution in [0.2, 0.25) is 0 Å². The summed E-state index contributed by atoms with van der Waals surface area (Å²) in [5.41, 5.74) is 2.75. The van der Waals surface area contributed by atoms with Gasteiger partial charge in [-0.2, -0.15) is 23.3 Å². The third-order valence-corrected chi connectivity index (χ3v) is 5.51. The van der Waals surface area contributed by atoms with E-state index < -0.39 is 11.7 Å². The van der Waals surface area contributed by atoms with Crippen LogP contribution in [0.25, 0.3) is 11.2 Å². The van der Waals surface area contributed by atoms with E-state index in [0.717, 1.165) is 5.56 Å². The second-order valence-electron chi connectivity index (χ2n) is 7.89. The minimum absolute atomic E-state index is 0.0396. The summed E-state index contributed by atoms with van der Waals surface area (Å²) in [7, 11) is 1.83. The van der Waals surface area contributed by atoms with Gasteiger partial charge in [0, 0.05) is 30.9 Å². The molecule has 3 aromatic rings. The predicted molar refractivity (Wildman–Crippen MR) is 112 cm³/mol. The third kappa shape index (κ3) is 4.57. The molecule has 8 nitrogen and oxygen atoms in total. The van der Waals surface area contributed by atoms with Gasteiger partial charge in [-0.15, -0.1) is 0 Å². The summed E-state index contributed by atoms with van der Waals surface area (Å²) in [6, 6.07) is 0. The minimum Gasteiger partial charge on any atom is -0.370 e. The van der Waals surface area contributed by atoms with Gasteiger partial charge in [0.1, 0.15) is 11.6 Å². The van der Waals surface area contributed by atoms with Crippen LogP contribution in [-0.2, 0) is 18.2 Å². The van der Waals surface area contributed by atoms with E-state index in [2.05, 4.69) is 31.6 Å². The fourth-order valence-corrected chi connectivity index (χ4v) is 3.52. The number of ether oxygens (including phenoxy) is 1. The lowest BCUT2D eigenvalue weighted by atomic mass is 10.1. The minimum atomic E-state index is -4.44. The summed E-state index contributed by atoms with van der Waals surface area (Å²) in [6.45, 7) is 8.29. The highest BCUT2D eigenvalue weighted by atomic mass is 19.4. The van der Waals surface area contributed by atoms with Gasteiger partial charge in [0.15, 0.2) is 5.65 Å². The highest BCUT2D eigenvalue weighted by molar-refractivity contribution is 5.74. The van der Waals surface area contributed by atoms with Crippen LogP contribution in [0, 0.1) is 13.8 Å². The van der Waals surface area contributed by atoms with Crippen molar-refractivity contribution in [3.8, 4) is 0 Å². The van der Waals surface area contributed by atoms with Crippen molar-refractivity contribution in [1.29, 1.82) is 0 Å². The van der Waals surface area contributed by atoms with Gasteiger partial charge in [-0.1, -0.05) is 6.58 Å². The lowest BCUT2D eigenvalue weighted by Crippen LogP contribution is -2.39. The van der Waals surface area contributed by atoms with Gasteiger partial charge >= 0.3 is 6.18 Å². The second kappa shape index (κ2) is 8.45. The fraction of sp³-hybridized carbons (Fsp3) is 0.476. The summed E-state index contributed by atoms with van der Waals surface area (Å²) in [5.74, 6) is 0.403. The molecule has 0 unspecified atom stereocenters. The van der Waals surface area contributed by atoms with E-state index in [-0.39, 0.29) is 18.9 Å². The van der Waals surface area contributed by atoms with Gasteiger partial charge in [-0.25, -0.2) is 15.0 Å². The Morgan fingerprint density at radius 3 is 2.62 bits per heavy atom. The summed E-state index contributed by atoms with van der Waals surface area (Å²) >= 11 is 0. The van der Waals surface area contributed by atoms with Gasteiger partial charge < -0.3 is 9.64 Å². The molecule has 1 aliphatic rings. The third-order valence-electron chi connectivity index (χ3n) is 5.51. The first-order chi connectivity index (χ1) is 15.1. The van der Waals surface area contributed by atoms with E-state index in [0.29, 0.717) is 53.9 Å². The van der Waals surface area contributed by atoms with E-state index >= 15 is 0 Å². The summed E-state index contributed by atoms with van der Waals surface area (Å²) < 4.78 is 46.5. The SMILES string of the molecule is C=C(CCc1nc(N2CCO[C@@H](c3cnn(C)c3)C2)nc2nc(C)c(C)nc12)C(F)(F)F. The zero-order chi connectivity index (χ0) is 23.0. The van der Waals surface area contributed by atoms with Crippen LogP contribution < -0.4 is 4.90 Å². The Bertz CT molecular complexity index is 1160. The Hall–Kier alpha value is -3.08. The molecule has 1 aliphatic heterocycles. The number of nitrogens with zero attached hydrogens (tertiary/aromatic N) is 7. The van der Waals surface area contributed by atoms with Crippen molar-refractivity contribution in [2.75, 3.05) is 24.6 Å². The number of anilines is 1. The predicted octanol–water partition coefficient (Wildman–Crippen LogP) is 3.40. The van der Waals surface area contributed by atoms with Crippen molar-refractivity contribution in [2.24, 2.45) is 7.05 Å². The molecule has 4 heterocycles.